The predicted octanol–water partition coefficient (Wildman–Crippen LogP) is 4.43. The van der Waals surface area contributed by atoms with Crippen molar-refractivity contribution >= 4 is 46.2 Å². The Bertz CT molecular complexity index is 696. The van der Waals surface area contributed by atoms with E-state index in [2.05, 4.69) is 4.98 Å². The van der Waals surface area contributed by atoms with Crippen LogP contribution in [0.15, 0.2) is 24.3 Å². The minimum Gasteiger partial charge on any atom is -0.463 e. The Kier molecular flexibility index (Phi) is 4.63. The molecule has 2 rings (SSSR count). The van der Waals surface area contributed by atoms with Crippen LogP contribution in [0.25, 0.3) is 17.0 Å². The van der Waals surface area contributed by atoms with Crippen molar-refractivity contribution < 1.29 is 9.53 Å². The van der Waals surface area contributed by atoms with Gasteiger partial charge in [-0.15, -0.1) is 0 Å². The zero-order chi connectivity index (χ0) is 14.7. The summed E-state index contributed by atoms with van der Waals surface area (Å²) in [6, 6.07) is 5.50. The average molecular weight is 310 g/mol. The molecule has 0 amide bonds. The Balaban J connectivity index is 2.46. The SMILES string of the molecule is CCOC(=O)/C=C/c1cc(C)c2ccc(Cl)c(Cl)c2n1. The molecule has 0 aliphatic rings. The fraction of sp³-hybridized carbons (Fsp3) is 0.200. The van der Waals surface area contributed by atoms with Crippen LogP contribution in [-0.2, 0) is 9.53 Å². The van der Waals surface area contributed by atoms with E-state index in [9.17, 15) is 4.79 Å². The minimum absolute atomic E-state index is 0.342. The third-order valence-electron chi connectivity index (χ3n) is 2.78. The van der Waals surface area contributed by atoms with Crippen LogP contribution in [0.4, 0.5) is 0 Å². The van der Waals surface area contributed by atoms with Crippen LogP contribution in [0, 0.1) is 6.92 Å². The molecule has 0 aliphatic heterocycles. The van der Waals surface area contributed by atoms with Crippen LogP contribution < -0.4 is 0 Å². The molecular formula is C15H13Cl2NO2. The van der Waals surface area contributed by atoms with Crippen LogP contribution in [0.2, 0.25) is 10.0 Å². The van der Waals surface area contributed by atoms with E-state index in [0.29, 0.717) is 27.9 Å². The number of esters is 1. The van der Waals surface area contributed by atoms with Gasteiger partial charge < -0.3 is 4.74 Å². The van der Waals surface area contributed by atoms with Gasteiger partial charge in [-0.05, 0) is 37.6 Å². The molecule has 0 aliphatic carbocycles. The van der Waals surface area contributed by atoms with Crippen LogP contribution in [0.5, 0.6) is 0 Å². The average Bonchev–Trinajstić information content (AvgIpc) is 2.41. The highest BCUT2D eigenvalue weighted by atomic mass is 35.5. The Morgan fingerprint density at radius 2 is 2.15 bits per heavy atom. The Morgan fingerprint density at radius 1 is 1.40 bits per heavy atom. The van der Waals surface area contributed by atoms with E-state index in [1.807, 2.05) is 19.1 Å². The van der Waals surface area contributed by atoms with E-state index in [0.717, 1.165) is 10.9 Å². The van der Waals surface area contributed by atoms with Crippen molar-refractivity contribution in [2.24, 2.45) is 0 Å². The molecule has 0 spiro atoms. The zero-order valence-electron chi connectivity index (χ0n) is 11.1. The van der Waals surface area contributed by atoms with E-state index in [4.69, 9.17) is 27.9 Å². The Morgan fingerprint density at radius 3 is 2.85 bits per heavy atom. The quantitative estimate of drug-likeness (QED) is 0.622. The minimum atomic E-state index is -0.399. The summed E-state index contributed by atoms with van der Waals surface area (Å²) in [5.41, 5.74) is 2.27. The topological polar surface area (TPSA) is 39.2 Å². The summed E-state index contributed by atoms with van der Waals surface area (Å²) in [6.45, 7) is 4.05. The van der Waals surface area contributed by atoms with Gasteiger partial charge in [0.25, 0.3) is 0 Å². The highest BCUT2D eigenvalue weighted by Crippen LogP contribution is 2.31. The zero-order valence-corrected chi connectivity index (χ0v) is 12.6. The van der Waals surface area contributed by atoms with Crippen molar-refractivity contribution in [3.8, 4) is 0 Å². The van der Waals surface area contributed by atoms with Gasteiger partial charge in [-0.25, -0.2) is 9.78 Å². The molecule has 0 fully saturated rings. The van der Waals surface area contributed by atoms with Gasteiger partial charge in [0, 0.05) is 11.5 Å². The fourth-order valence-electron chi connectivity index (χ4n) is 1.86. The van der Waals surface area contributed by atoms with Gasteiger partial charge in [-0.3, -0.25) is 0 Å². The Hall–Kier alpha value is -1.58. The second kappa shape index (κ2) is 6.25. The maximum Gasteiger partial charge on any atom is 0.330 e. The van der Waals surface area contributed by atoms with Gasteiger partial charge in [0.2, 0.25) is 0 Å². The number of hydrogen-bond donors (Lipinski definition) is 0. The number of hydrogen-bond acceptors (Lipinski definition) is 3. The number of nitrogens with zero attached hydrogens (tertiary/aromatic N) is 1. The van der Waals surface area contributed by atoms with E-state index in [1.54, 1.807) is 19.1 Å². The van der Waals surface area contributed by atoms with Crippen molar-refractivity contribution in [3.63, 3.8) is 0 Å². The molecule has 0 atom stereocenters. The number of aryl methyl sites for hydroxylation is 1. The lowest BCUT2D eigenvalue weighted by Crippen LogP contribution is -1.99. The number of pyridine rings is 1. The lowest BCUT2D eigenvalue weighted by atomic mass is 10.1. The molecule has 20 heavy (non-hydrogen) atoms. The van der Waals surface area contributed by atoms with E-state index in [-0.39, 0.29) is 0 Å². The molecule has 5 heteroatoms. The van der Waals surface area contributed by atoms with Crippen LogP contribution in [0.3, 0.4) is 0 Å². The van der Waals surface area contributed by atoms with Gasteiger partial charge in [0.15, 0.2) is 0 Å². The summed E-state index contributed by atoms with van der Waals surface area (Å²) in [5, 5.41) is 1.81. The molecule has 0 saturated heterocycles. The number of ether oxygens (including phenoxy) is 1. The summed E-state index contributed by atoms with van der Waals surface area (Å²) in [5.74, 6) is -0.399. The Labute approximate surface area is 127 Å². The molecular weight excluding hydrogens is 297 g/mol. The van der Waals surface area contributed by atoms with Crippen molar-refractivity contribution in [2.45, 2.75) is 13.8 Å². The molecule has 0 N–H and O–H groups in total. The summed E-state index contributed by atoms with van der Waals surface area (Å²) >= 11 is 12.2. The summed E-state index contributed by atoms with van der Waals surface area (Å²) in [6.07, 6.45) is 2.94. The lowest BCUT2D eigenvalue weighted by Gasteiger charge is -2.06. The summed E-state index contributed by atoms with van der Waals surface area (Å²) in [7, 11) is 0. The second-order valence-electron chi connectivity index (χ2n) is 4.21. The van der Waals surface area contributed by atoms with E-state index in [1.165, 1.54) is 6.08 Å². The van der Waals surface area contributed by atoms with Gasteiger partial charge >= 0.3 is 5.97 Å². The van der Waals surface area contributed by atoms with Crippen molar-refractivity contribution in [2.75, 3.05) is 6.61 Å². The molecule has 104 valence electrons. The van der Waals surface area contributed by atoms with Crippen molar-refractivity contribution in [1.82, 2.24) is 4.98 Å². The van der Waals surface area contributed by atoms with Gasteiger partial charge in [0.1, 0.15) is 0 Å². The van der Waals surface area contributed by atoms with Crippen molar-refractivity contribution in [3.05, 3.63) is 45.6 Å². The monoisotopic (exact) mass is 309 g/mol. The first-order chi connectivity index (χ1) is 9.52. The van der Waals surface area contributed by atoms with Crippen LogP contribution in [-0.4, -0.2) is 17.6 Å². The number of fused-ring (bicyclic) bond motifs is 1. The molecule has 1 heterocycles. The molecule has 0 radical (unpaired) electrons. The smallest absolute Gasteiger partial charge is 0.330 e. The molecule has 3 nitrogen and oxygen atoms in total. The van der Waals surface area contributed by atoms with Gasteiger partial charge in [-0.2, -0.15) is 0 Å². The number of halogens is 2. The molecule has 0 bridgehead atoms. The molecule has 0 unspecified atom stereocenters. The van der Waals surface area contributed by atoms with Crippen LogP contribution >= 0.6 is 23.2 Å². The number of rotatable bonds is 3. The van der Waals surface area contributed by atoms with E-state index >= 15 is 0 Å². The first-order valence-electron chi connectivity index (χ1n) is 6.13. The normalized spacial score (nSPS) is 11.2. The standard InChI is InChI=1S/C15H13Cl2NO2/c1-3-20-13(19)7-4-10-8-9(2)11-5-6-12(16)14(17)15(11)18-10/h4-8H,3H2,1-2H3/b7-4+. The first kappa shape index (κ1) is 14.8. The fourth-order valence-corrected chi connectivity index (χ4v) is 2.22. The predicted molar refractivity (Wildman–Crippen MR) is 82.2 cm³/mol. The number of benzene rings is 1. The highest BCUT2D eigenvalue weighted by molar-refractivity contribution is 6.45. The number of carbonyl (C=O) groups excluding carboxylic acids is 1. The lowest BCUT2D eigenvalue weighted by molar-refractivity contribution is -0.137. The molecule has 0 saturated carbocycles. The third kappa shape index (κ3) is 3.11. The number of aromatic nitrogens is 1. The van der Waals surface area contributed by atoms with Crippen LogP contribution in [0.1, 0.15) is 18.2 Å². The largest absolute Gasteiger partial charge is 0.463 e. The van der Waals surface area contributed by atoms with Gasteiger partial charge in [-0.1, -0.05) is 29.3 Å². The second-order valence-corrected chi connectivity index (χ2v) is 4.99. The third-order valence-corrected chi connectivity index (χ3v) is 3.57. The number of carbonyl (C=O) groups is 1. The molecule has 1 aromatic carbocycles. The maximum absolute atomic E-state index is 11.3. The molecule has 2 aromatic rings. The van der Waals surface area contributed by atoms with Gasteiger partial charge in [0.05, 0.1) is 27.9 Å². The maximum atomic E-state index is 11.3. The van der Waals surface area contributed by atoms with E-state index < -0.39 is 5.97 Å². The highest BCUT2D eigenvalue weighted by Gasteiger charge is 2.08. The summed E-state index contributed by atoms with van der Waals surface area (Å²) < 4.78 is 4.82. The van der Waals surface area contributed by atoms with Crippen molar-refractivity contribution in [1.29, 1.82) is 0 Å². The summed E-state index contributed by atoms with van der Waals surface area (Å²) in [4.78, 5) is 15.7. The molecule has 1 aromatic heterocycles. The first-order valence-corrected chi connectivity index (χ1v) is 6.88.